The molecular weight excluding hydrogens is 344 g/mol. The molecule has 150 valence electrons. The van der Waals surface area contributed by atoms with Crippen LogP contribution in [0.4, 0.5) is 0 Å². The average molecular weight is 376 g/mol. The van der Waals surface area contributed by atoms with Crippen LogP contribution in [0.3, 0.4) is 0 Å². The summed E-state index contributed by atoms with van der Waals surface area (Å²) in [5.74, 6) is 0.786. The molecule has 0 aromatic heterocycles. The molecular formula is C21H32N2O4. The van der Waals surface area contributed by atoms with Crippen LogP contribution in [0.15, 0.2) is 18.2 Å². The summed E-state index contributed by atoms with van der Waals surface area (Å²) in [5, 5.41) is 16.9. The number of aryl methyl sites for hydroxylation is 1. The van der Waals surface area contributed by atoms with E-state index in [2.05, 4.69) is 35.8 Å². The first-order valence-corrected chi connectivity index (χ1v) is 9.95. The third kappa shape index (κ3) is 4.62. The minimum absolute atomic E-state index is 0.0626. The number of hydrogen-bond acceptors (Lipinski definition) is 5. The Morgan fingerprint density at radius 1 is 1.44 bits per heavy atom. The van der Waals surface area contributed by atoms with E-state index >= 15 is 0 Å². The molecule has 6 nitrogen and oxygen atoms in total. The molecule has 1 aliphatic carbocycles. The molecule has 1 aliphatic heterocycles. The molecule has 0 bridgehead atoms. The van der Waals surface area contributed by atoms with Gasteiger partial charge < -0.3 is 25.2 Å². The molecule has 0 saturated heterocycles. The van der Waals surface area contributed by atoms with Crippen molar-refractivity contribution in [2.24, 2.45) is 0 Å². The summed E-state index contributed by atoms with van der Waals surface area (Å²) in [6.45, 7) is 4.25. The molecule has 1 fully saturated rings. The molecule has 0 unspecified atom stereocenters. The van der Waals surface area contributed by atoms with Gasteiger partial charge in [0.1, 0.15) is 11.4 Å². The van der Waals surface area contributed by atoms with Crippen LogP contribution >= 0.6 is 0 Å². The van der Waals surface area contributed by atoms with Gasteiger partial charge in [0, 0.05) is 38.6 Å². The van der Waals surface area contributed by atoms with E-state index in [4.69, 9.17) is 9.47 Å². The number of nitrogens with one attached hydrogen (secondary N) is 2. The summed E-state index contributed by atoms with van der Waals surface area (Å²) in [5.41, 5.74) is 2.39. The molecule has 1 spiro atoms. The minimum atomic E-state index is -0.730. The summed E-state index contributed by atoms with van der Waals surface area (Å²) in [6, 6.07) is 6.14. The van der Waals surface area contributed by atoms with E-state index in [9.17, 15) is 9.90 Å². The highest BCUT2D eigenvalue weighted by atomic mass is 16.5. The van der Waals surface area contributed by atoms with Crippen LogP contribution in [-0.2, 0) is 16.0 Å². The Morgan fingerprint density at radius 2 is 2.22 bits per heavy atom. The third-order valence-corrected chi connectivity index (χ3v) is 5.80. The van der Waals surface area contributed by atoms with Gasteiger partial charge in [-0.05, 0) is 37.3 Å². The van der Waals surface area contributed by atoms with Crippen LogP contribution in [0.1, 0.15) is 56.7 Å². The van der Waals surface area contributed by atoms with Gasteiger partial charge in [0.2, 0.25) is 5.91 Å². The van der Waals surface area contributed by atoms with Crippen molar-refractivity contribution < 1.29 is 19.4 Å². The van der Waals surface area contributed by atoms with E-state index in [0.717, 1.165) is 31.4 Å². The molecule has 1 amide bonds. The van der Waals surface area contributed by atoms with Gasteiger partial charge in [-0.3, -0.25) is 4.79 Å². The number of fused-ring (bicyclic) bond motifs is 1. The summed E-state index contributed by atoms with van der Waals surface area (Å²) in [6.07, 6.45) is 4.53. The molecule has 3 atom stereocenters. The summed E-state index contributed by atoms with van der Waals surface area (Å²) >= 11 is 0. The second-order valence-electron chi connectivity index (χ2n) is 7.86. The number of carbonyl (C=O) groups excluding carboxylic acids is 1. The van der Waals surface area contributed by atoms with E-state index in [1.54, 1.807) is 7.11 Å². The van der Waals surface area contributed by atoms with Gasteiger partial charge in [-0.15, -0.1) is 0 Å². The molecule has 1 aromatic rings. The predicted octanol–water partition coefficient (Wildman–Crippen LogP) is 2.10. The number of carbonyl (C=O) groups is 1. The lowest BCUT2D eigenvalue weighted by Crippen LogP contribution is -2.52. The van der Waals surface area contributed by atoms with E-state index in [1.165, 1.54) is 24.5 Å². The van der Waals surface area contributed by atoms with Gasteiger partial charge in [0.05, 0.1) is 18.8 Å². The standard InChI is InChI=1S/C21H32N2O4/c1-4-15-6-7-20-16(10-15)17(11-21(27-20)8-5-9-21)22-12-19(25)18(13-26-3)23-14(2)24/h6-7,10,17-19,22,25H,4-5,8-9,11-13H2,1-3H3,(H,23,24)/t17-,18-,19-/m0/s1. The largest absolute Gasteiger partial charge is 0.487 e. The molecule has 3 N–H and O–H groups in total. The zero-order valence-corrected chi connectivity index (χ0v) is 16.6. The smallest absolute Gasteiger partial charge is 0.217 e. The highest BCUT2D eigenvalue weighted by molar-refractivity contribution is 5.73. The van der Waals surface area contributed by atoms with Crippen molar-refractivity contribution in [3.05, 3.63) is 29.3 Å². The number of methoxy groups -OCH3 is 1. The zero-order chi connectivity index (χ0) is 19.4. The molecule has 6 heteroatoms. The lowest BCUT2D eigenvalue weighted by Gasteiger charge is -2.48. The highest BCUT2D eigenvalue weighted by Gasteiger charge is 2.45. The summed E-state index contributed by atoms with van der Waals surface area (Å²) in [4.78, 5) is 11.4. The predicted molar refractivity (Wildman–Crippen MR) is 104 cm³/mol. The van der Waals surface area contributed by atoms with E-state index in [1.807, 2.05) is 0 Å². The first-order valence-electron chi connectivity index (χ1n) is 9.95. The second kappa shape index (κ2) is 8.59. The fraction of sp³-hybridized carbons (Fsp3) is 0.667. The number of benzene rings is 1. The van der Waals surface area contributed by atoms with Crippen molar-refractivity contribution in [1.82, 2.24) is 10.6 Å². The van der Waals surface area contributed by atoms with Crippen molar-refractivity contribution in [3.63, 3.8) is 0 Å². The molecule has 1 heterocycles. The summed E-state index contributed by atoms with van der Waals surface area (Å²) in [7, 11) is 1.57. The van der Waals surface area contributed by atoms with Crippen molar-refractivity contribution in [2.75, 3.05) is 20.3 Å². The van der Waals surface area contributed by atoms with Crippen LogP contribution in [-0.4, -0.2) is 49.0 Å². The van der Waals surface area contributed by atoms with E-state index < -0.39 is 12.1 Å². The average Bonchev–Trinajstić information content (AvgIpc) is 2.63. The van der Waals surface area contributed by atoms with Crippen LogP contribution in [0.2, 0.25) is 0 Å². The van der Waals surface area contributed by atoms with Crippen molar-refractivity contribution in [3.8, 4) is 5.75 Å². The summed E-state index contributed by atoms with van der Waals surface area (Å²) < 4.78 is 11.5. The molecule has 1 saturated carbocycles. The van der Waals surface area contributed by atoms with Gasteiger partial charge in [-0.25, -0.2) is 0 Å². The Labute approximate surface area is 161 Å². The minimum Gasteiger partial charge on any atom is -0.487 e. The van der Waals surface area contributed by atoms with Crippen LogP contribution in [0.25, 0.3) is 0 Å². The van der Waals surface area contributed by atoms with Crippen molar-refractivity contribution in [1.29, 1.82) is 0 Å². The normalized spacial score (nSPS) is 22.3. The number of hydrogen-bond donors (Lipinski definition) is 3. The Kier molecular flexibility index (Phi) is 6.40. The molecule has 27 heavy (non-hydrogen) atoms. The fourth-order valence-corrected chi connectivity index (χ4v) is 4.09. The number of ether oxygens (including phenoxy) is 2. The highest BCUT2D eigenvalue weighted by Crippen LogP contribution is 2.49. The maximum absolute atomic E-state index is 11.4. The first kappa shape index (κ1) is 20.1. The quantitative estimate of drug-likeness (QED) is 0.647. The maximum atomic E-state index is 11.4. The number of aliphatic hydroxyl groups excluding tert-OH is 1. The molecule has 2 aliphatic rings. The number of rotatable bonds is 8. The fourth-order valence-electron chi connectivity index (χ4n) is 4.09. The Morgan fingerprint density at radius 3 is 2.81 bits per heavy atom. The number of amides is 1. The first-order chi connectivity index (χ1) is 13.0. The molecule has 3 rings (SSSR count). The number of aliphatic hydroxyl groups is 1. The van der Waals surface area contributed by atoms with Gasteiger partial charge in [-0.2, -0.15) is 0 Å². The Hall–Kier alpha value is -1.63. The van der Waals surface area contributed by atoms with Crippen molar-refractivity contribution in [2.45, 2.75) is 69.7 Å². The van der Waals surface area contributed by atoms with E-state index in [0.29, 0.717) is 6.54 Å². The van der Waals surface area contributed by atoms with Crippen molar-refractivity contribution >= 4 is 5.91 Å². The Balaban J connectivity index is 1.72. The van der Waals surface area contributed by atoms with Gasteiger partial charge >= 0.3 is 0 Å². The topological polar surface area (TPSA) is 79.8 Å². The molecule has 0 radical (unpaired) electrons. The SMILES string of the molecule is CCc1ccc2c(c1)[C@@H](NC[C@H](O)[C@H](COC)NC(C)=O)CC1(CCC1)O2. The second-order valence-corrected chi connectivity index (χ2v) is 7.86. The maximum Gasteiger partial charge on any atom is 0.217 e. The lowest BCUT2D eigenvalue weighted by molar-refractivity contribution is -0.121. The Bertz CT molecular complexity index is 660. The van der Waals surface area contributed by atoms with Gasteiger partial charge in [-0.1, -0.05) is 19.1 Å². The zero-order valence-electron chi connectivity index (χ0n) is 16.6. The van der Waals surface area contributed by atoms with Crippen LogP contribution < -0.4 is 15.4 Å². The van der Waals surface area contributed by atoms with Gasteiger partial charge in [0.15, 0.2) is 0 Å². The van der Waals surface area contributed by atoms with Crippen LogP contribution in [0, 0.1) is 0 Å². The lowest BCUT2D eigenvalue weighted by atomic mass is 9.72. The third-order valence-electron chi connectivity index (χ3n) is 5.80. The van der Waals surface area contributed by atoms with E-state index in [-0.39, 0.29) is 24.2 Å². The van der Waals surface area contributed by atoms with Crippen LogP contribution in [0.5, 0.6) is 5.75 Å². The monoisotopic (exact) mass is 376 g/mol. The van der Waals surface area contributed by atoms with Gasteiger partial charge in [0.25, 0.3) is 0 Å². The molecule has 1 aromatic carbocycles.